The Morgan fingerprint density at radius 2 is 1.69 bits per heavy atom. The van der Waals surface area contributed by atoms with Gasteiger partial charge in [0, 0.05) is 55.2 Å². The van der Waals surface area contributed by atoms with E-state index in [-0.39, 0.29) is 18.0 Å². The second-order valence-electron chi connectivity index (χ2n) is 10.2. The van der Waals surface area contributed by atoms with E-state index < -0.39 is 32.9 Å². The SMILES string of the molecule is CC1CN(Cc2cc(F)cc(F)c2)CC(C)N1C(=O)c1ccc(NS(=O)(=O)C2C=CC=C3C=CC=NC32)cc1. The molecule has 2 aromatic rings. The van der Waals surface area contributed by atoms with Crippen LogP contribution < -0.4 is 4.72 Å². The molecule has 0 saturated carbocycles. The number of halogens is 2. The highest BCUT2D eigenvalue weighted by Crippen LogP contribution is 2.27. The van der Waals surface area contributed by atoms with E-state index in [0.29, 0.717) is 36.4 Å². The summed E-state index contributed by atoms with van der Waals surface area (Å²) in [6.45, 7) is 5.37. The van der Waals surface area contributed by atoms with Crippen LogP contribution in [0.2, 0.25) is 0 Å². The van der Waals surface area contributed by atoms with E-state index in [1.807, 2.05) is 26.0 Å². The Balaban J connectivity index is 1.23. The summed E-state index contributed by atoms with van der Waals surface area (Å²) in [6, 6.07) is 9.13. The largest absolute Gasteiger partial charge is 0.331 e. The fraction of sp³-hybridized carbons (Fsp3) is 0.310. The number of hydrogen-bond acceptors (Lipinski definition) is 5. The van der Waals surface area contributed by atoms with Gasteiger partial charge in [-0.1, -0.05) is 24.3 Å². The van der Waals surface area contributed by atoms with Crippen molar-refractivity contribution in [3.8, 4) is 0 Å². The number of aliphatic imine (C=N–C) groups is 1. The molecule has 0 radical (unpaired) electrons. The van der Waals surface area contributed by atoms with Gasteiger partial charge < -0.3 is 4.90 Å². The Hall–Kier alpha value is -3.63. The molecule has 204 valence electrons. The third-order valence-corrected chi connectivity index (χ3v) is 8.82. The molecule has 1 saturated heterocycles. The highest BCUT2D eigenvalue weighted by molar-refractivity contribution is 7.93. The summed E-state index contributed by atoms with van der Waals surface area (Å²) in [6.07, 6.45) is 10.4. The number of allylic oxidation sites excluding steroid dienone is 3. The Morgan fingerprint density at radius 1 is 1.03 bits per heavy atom. The molecular weight excluding hydrogens is 522 g/mol. The smallest absolute Gasteiger partial charge is 0.254 e. The molecule has 2 aromatic carbocycles. The topological polar surface area (TPSA) is 82.1 Å². The number of anilines is 1. The predicted octanol–water partition coefficient (Wildman–Crippen LogP) is 4.32. The second-order valence-corrected chi connectivity index (χ2v) is 12.1. The van der Waals surface area contributed by atoms with Crippen LogP contribution in [0, 0.1) is 11.6 Å². The lowest BCUT2D eigenvalue weighted by Gasteiger charge is -2.44. The predicted molar refractivity (Wildman–Crippen MR) is 148 cm³/mol. The molecule has 2 heterocycles. The molecule has 4 unspecified atom stereocenters. The summed E-state index contributed by atoms with van der Waals surface area (Å²) in [5.41, 5.74) is 2.19. The summed E-state index contributed by atoms with van der Waals surface area (Å²) in [5, 5.41) is -0.845. The lowest BCUT2D eigenvalue weighted by atomic mass is 9.97. The van der Waals surface area contributed by atoms with Gasteiger partial charge in [-0.3, -0.25) is 19.4 Å². The maximum absolute atomic E-state index is 13.6. The van der Waals surface area contributed by atoms with Crippen molar-refractivity contribution in [1.82, 2.24) is 9.80 Å². The molecule has 4 atom stereocenters. The molecule has 7 nitrogen and oxygen atoms in total. The number of hydrogen-bond donors (Lipinski definition) is 1. The minimum atomic E-state index is -3.79. The van der Waals surface area contributed by atoms with Crippen molar-refractivity contribution < 1.29 is 22.0 Å². The number of carbonyl (C=O) groups excluding carboxylic acids is 1. The van der Waals surface area contributed by atoms with Gasteiger partial charge in [0.25, 0.3) is 5.91 Å². The monoisotopic (exact) mass is 552 g/mol. The van der Waals surface area contributed by atoms with E-state index in [1.165, 1.54) is 12.1 Å². The second kappa shape index (κ2) is 10.9. The number of fused-ring (bicyclic) bond motifs is 1. The third kappa shape index (κ3) is 5.86. The van der Waals surface area contributed by atoms with Gasteiger partial charge in [0.15, 0.2) is 0 Å². The summed E-state index contributed by atoms with van der Waals surface area (Å²) in [5.74, 6) is -1.38. The number of nitrogens with one attached hydrogen (secondary N) is 1. The molecule has 39 heavy (non-hydrogen) atoms. The number of amides is 1. The molecule has 3 aliphatic rings. The highest BCUT2D eigenvalue weighted by Gasteiger charge is 2.36. The number of benzene rings is 2. The van der Waals surface area contributed by atoms with Crippen LogP contribution in [-0.2, 0) is 16.6 Å². The first-order valence-electron chi connectivity index (χ1n) is 12.8. The number of dihydropyridines is 1. The zero-order valence-corrected chi connectivity index (χ0v) is 22.5. The van der Waals surface area contributed by atoms with Gasteiger partial charge in [0.05, 0.1) is 6.04 Å². The van der Waals surface area contributed by atoms with Crippen LogP contribution >= 0.6 is 0 Å². The van der Waals surface area contributed by atoms with Crippen LogP contribution in [0.1, 0.15) is 29.8 Å². The number of carbonyl (C=O) groups is 1. The minimum Gasteiger partial charge on any atom is -0.331 e. The van der Waals surface area contributed by atoms with Crippen LogP contribution in [0.5, 0.6) is 0 Å². The first-order valence-corrected chi connectivity index (χ1v) is 14.4. The van der Waals surface area contributed by atoms with Crippen LogP contribution in [0.4, 0.5) is 14.5 Å². The molecular formula is C29H30F2N4O3S. The molecule has 1 fully saturated rings. The fourth-order valence-electron chi connectivity index (χ4n) is 5.55. The van der Waals surface area contributed by atoms with E-state index in [9.17, 15) is 22.0 Å². The normalized spacial score (nSPS) is 24.8. The third-order valence-electron chi connectivity index (χ3n) is 7.17. The van der Waals surface area contributed by atoms with Crippen molar-refractivity contribution in [3.63, 3.8) is 0 Å². The van der Waals surface area contributed by atoms with E-state index in [1.54, 1.807) is 53.6 Å². The van der Waals surface area contributed by atoms with Gasteiger partial charge in [0.1, 0.15) is 16.9 Å². The summed E-state index contributed by atoms with van der Waals surface area (Å²) in [4.78, 5) is 21.6. The zero-order valence-electron chi connectivity index (χ0n) is 21.7. The van der Waals surface area contributed by atoms with Gasteiger partial charge in [0.2, 0.25) is 10.0 Å². The molecule has 1 amide bonds. The van der Waals surface area contributed by atoms with Crippen LogP contribution in [0.15, 0.2) is 83.4 Å². The van der Waals surface area contributed by atoms with Crippen molar-refractivity contribution >= 4 is 27.8 Å². The van der Waals surface area contributed by atoms with Gasteiger partial charge in [-0.15, -0.1) is 0 Å². The highest BCUT2D eigenvalue weighted by atomic mass is 32.2. The molecule has 0 spiro atoms. The van der Waals surface area contributed by atoms with E-state index >= 15 is 0 Å². The van der Waals surface area contributed by atoms with Crippen LogP contribution in [0.3, 0.4) is 0 Å². The first kappa shape index (κ1) is 27.0. The minimum absolute atomic E-state index is 0.136. The van der Waals surface area contributed by atoms with Crippen molar-refractivity contribution in [2.45, 2.75) is 43.8 Å². The molecule has 0 aromatic heterocycles. The number of rotatable bonds is 6. The van der Waals surface area contributed by atoms with Crippen molar-refractivity contribution in [2.75, 3.05) is 17.8 Å². The molecule has 1 N–H and O–H groups in total. The average molecular weight is 553 g/mol. The van der Waals surface area contributed by atoms with E-state index in [0.717, 1.165) is 11.6 Å². The summed E-state index contributed by atoms with van der Waals surface area (Å²) in [7, 11) is -3.79. The molecule has 5 rings (SSSR count). The Kier molecular flexibility index (Phi) is 7.51. The quantitative estimate of drug-likeness (QED) is 0.579. The zero-order chi connectivity index (χ0) is 27.7. The van der Waals surface area contributed by atoms with Crippen molar-refractivity contribution in [3.05, 3.63) is 101 Å². The summed E-state index contributed by atoms with van der Waals surface area (Å²) >= 11 is 0. The molecule has 1 aliphatic carbocycles. The van der Waals surface area contributed by atoms with E-state index in [4.69, 9.17) is 0 Å². The standard InChI is InChI=1S/C29H30F2N4O3S/c1-19-16-34(18-21-13-24(30)15-25(31)14-21)17-20(2)35(19)29(36)23-8-10-26(11-9-23)33-39(37,38)27-7-3-5-22-6-4-12-32-28(22)27/h3-15,19-20,27-28,33H,16-18H2,1-2H3. The Labute approximate surface area is 227 Å². The lowest BCUT2D eigenvalue weighted by molar-refractivity contribution is 0.0268. The first-order chi connectivity index (χ1) is 18.6. The van der Waals surface area contributed by atoms with Gasteiger partial charge in [-0.05, 0) is 67.5 Å². The van der Waals surface area contributed by atoms with Crippen LogP contribution in [0.25, 0.3) is 0 Å². The fourth-order valence-corrected chi connectivity index (χ4v) is 7.01. The lowest BCUT2D eigenvalue weighted by Crippen LogP contribution is -2.58. The molecule has 10 heteroatoms. The number of sulfonamides is 1. The Morgan fingerprint density at radius 3 is 2.36 bits per heavy atom. The van der Waals surface area contributed by atoms with Gasteiger partial charge >= 0.3 is 0 Å². The molecule has 2 aliphatic heterocycles. The average Bonchev–Trinajstić information content (AvgIpc) is 2.87. The number of piperazine rings is 1. The van der Waals surface area contributed by atoms with E-state index in [2.05, 4.69) is 14.6 Å². The van der Waals surface area contributed by atoms with Crippen LogP contribution in [-0.4, -0.2) is 66.8 Å². The maximum Gasteiger partial charge on any atom is 0.254 e. The Bertz CT molecular complexity index is 1450. The number of nitrogens with zero attached hydrogens (tertiary/aromatic N) is 3. The maximum atomic E-state index is 13.6. The van der Waals surface area contributed by atoms with Gasteiger partial charge in [-0.2, -0.15) is 0 Å². The van der Waals surface area contributed by atoms with Crippen molar-refractivity contribution in [1.29, 1.82) is 0 Å². The summed E-state index contributed by atoms with van der Waals surface area (Å²) < 4.78 is 56.2. The van der Waals surface area contributed by atoms with Gasteiger partial charge in [-0.25, -0.2) is 17.2 Å². The molecule has 0 bridgehead atoms. The van der Waals surface area contributed by atoms with Crippen molar-refractivity contribution in [2.24, 2.45) is 4.99 Å².